The smallest absolute Gasteiger partial charge is 0.253 e. The lowest BCUT2D eigenvalue weighted by Gasteiger charge is -2.40. The van der Waals surface area contributed by atoms with Crippen molar-refractivity contribution in [3.63, 3.8) is 0 Å². The molecule has 3 aromatic carbocycles. The lowest BCUT2D eigenvalue weighted by atomic mass is 10.0. The number of carbonyl (C=O) groups excluding carboxylic acids is 1. The Morgan fingerprint density at radius 2 is 1.56 bits per heavy atom. The van der Waals surface area contributed by atoms with Crippen LogP contribution in [-0.2, 0) is 0 Å². The summed E-state index contributed by atoms with van der Waals surface area (Å²) in [6.45, 7) is 4.01. The van der Waals surface area contributed by atoms with Crippen LogP contribution in [0.5, 0.6) is 0 Å². The number of carbonyl (C=O) groups is 1. The van der Waals surface area contributed by atoms with Gasteiger partial charge in [0.05, 0.1) is 0 Å². The van der Waals surface area contributed by atoms with E-state index in [2.05, 4.69) is 22.0 Å². The van der Waals surface area contributed by atoms with Crippen LogP contribution in [0.4, 0.5) is 10.2 Å². The van der Waals surface area contributed by atoms with Gasteiger partial charge in [-0.2, -0.15) is 0 Å². The fourth-order valence-corrected chi connectivity index (χ4v) is 4.34. The summed E-state index contributed by atoms with van der Waals surface area (Å²) < 4.78 is 13.4. The van der Waals surface area contributed by atoms with E-state index >= 15 is 0 Å². The zero-order valence-electron chi connectivity index (χ0n) is 17.8. The van der Waals surface area contributed by atoms with Crippen LogP contribution in [0.3, 0.4) is 0 Å². The summed E-state index contributed by atoms with van der Waals surface area (Å²) in [6.07, 6.45) is 0. The Balaban J connectivity index is 1.45. The molecular weight excluding hydrogens is 403 g/mol. The average molecular weight is 426 g/mol. The maximum atomic E-state index is 13.4. The lowest BCUT2D eigenvalue weighted by molar-refractivity contribution is 0.0726. The maximum absolute atomic E-state index is 13.4. The summed E-state index contributed by atoms with van der Waals surface area (Å²) in [5.74, 6) is 0.588. The van der Waals surface area contributed by atoms with Gasteiger partial charge in [0, 0.05) is 47.6 Å². The van der Waals surface area contributed by atoms with Crippen LogP contribution in [0.15, 0.2) is 78.9 Å². The second-order valence-electron chi connectivity index (χ2n) is 8.08. The van der Waals surface area contributed by atoms with Crippen molar-refractivity contribution >= 4 is 22.5 Å². The zero-order valence-corrected chi connectivity index (χ0v) is 17.8. The number of amides is 1. The average Bonchev–Trinajstić information content (AvgIpc) is 2.84. The Kier molecular flexibility index (Phi) is 5.27. The molecule has 1 aromatic heterocycles. The Hall–Kier alpha value is -3.80. The quantitative estimate of drug-likeness (QED) is 0.473. The molecule has 5 nitrogen and oxygen atoms in total. The molecule has 5 rings (SSSR count). The molecule has 4 aromatic rings. The number of piperazine rings is 1. The molecule has 1 saturated heterocycles. The van der Waals surface area contributed by atoms with Crippen LogP contribution < -0.4 is 4.90 Å². The number of hydrogen-bond donors (Lipinski definition) is 0. The molecule has 160 valence electrons. The molecular formula is C26H23FN4O. The van der Waals surface area contributed by atoms with Crippen LogP contribution in [0, 0.1) is 5.82 Å². The highest BCUT2D eigenvalue weighted by Crippen LogP contribution is 2.33. The van der Waals surface area contributed by atoms with E-state index in [0.717, 1.165) is 27.8 Å². The normalized spacial score (nSPS) is 16.4. The van der Waals surface area contributed by atoms with E-state index in [-0.39, 0.29) is 17.8 Å². The highest BCUT2D eigenvalue weighted by atomic mass is 19.1. The Morgan fingerprint density at radius 1 is 0.875 bits per heavy atom. The molecule has 1 unspecified atom stereocenters. The predicted molar refractivity (Wildman–Crippen MR) is 124 cm³/mol. The van der Waals surface area contributed by atoms with Crippen LogP contribution in [0.1, 0.15) is 17.3 Å². The van der Waals surface area contributed by atoms with E-state index in [1.807, 2.05) is 59.5 Å². The molecule has 0 saturated carbocycles. The van der Waals surface area contributed by atoms with E-state index in [1.165, 1.54) is 12.1 Å². The van der Waals surface area contributed by atoms with Crippen molar-refractivity contribution in [3.05, 3.63) is 90.2 Å². The van der Waals surface area contributed by atoms with Crippen LogP contribution >= 0.6 is 0 Å². The van der Waals surface area contributed by atoms with Gasteiger partial charge in [-0.25, -0.2) is 4.39 Å². The summed E-state index contributed by atoms with van der Waals surface area (Å²) in [7, 11) is 0. The van der Waals surface area contributed by atoms with E-state index in [9.17, 15) is 9.18 Å². The zero-order chi connectivity index (χ0) is 22.1. The molecule has 1 fully saturated rings. The number of aromatic nitrogens is 2. The van der Waals surface area contributed by atoms with Crippen LogP contribution in [-0.4, -0.2) is 46.7 Å². The van der Waals surface area contributed by atoms with E-state index in [1.54, 1.807) is 12.1 Å². The number of nitrogens with zero attached hydrogens (tertiary/aromatic N) is 4. The molecule has 1 aliphatic rings. The van der Waals surface area contributed by atoms with E-state index in [0.29, 0.717) is 25.2 Å². The molecule has 0 aliphatic carbocycles. The highest BCUT2D eigenvalue weighted by molar-refractivity contribution is 6.00. The van der Waals surface area contributed by atoms with E-state index in [4.69, 9.17) is 0 Å². The molecule has 0 bridgehead atoms. The fourth-order valence-electron chi connectivity index (χ4n) is 4.34. The third kappa shape index (κ3) is 3.68. The van der Waals surface area contributed by atoms with Crippen LogP contribution in [0.2, 0.25) is 0 Å². The van der Waals surface area contributed by atoms with Crippen molar-refractivity contribution in [3.8, 4) is 11.3 Å². The molecule has 0 radical (unpaired) electrons. The van der Waals surface area contributed by atoms with Gasteiger partial charge in [0.1, 0.15) is 11.5 Å². The number of fused-ring (bicyclic) bond motifs is 1. The number of benzene rings is 3. The third-order valence-corrected chi connectivity index (χ3v) is 5.99. The number of anilines is 1. The predicted octanol–water partition coefficient (Wildman–Crippen LogP) is 4.79. The van der Waals surface area contributed by atoms with Crippen molar-refractivity contribution in [1.29, 1.82) is 0 Å². The number of rotatable bonds is 3. The summed E-state index contributed by atoms with van der Waals surface area (Å²) >= 11 is 0. The Bertz CT molecular complexity index is 1260. The molecule has 6 heteroatoms. The van der Waals surface area contributed by atoms with Gasteiger partial charge in [-0.05, 0) is 43.3 Å². The first-order valence-electron chi connectivity index (χ1n) is 10.7. The summed E-state index contributed by atoms with van der Waals surface area (Å²) in [6, 6.07) is 23.8. The van der Waals surface area contributed by atoms with Crippen molar-refractivity contribution in [2.75, 3.05) is 24.5 Å². The van der Waals surface area contributed by atoms with Gasteiger partial charge < -0.3 is 9.80 Å². The largest absolute Gasteiger partial charge is 0.348 e. The minimum Gasteiger partial charge on any atom is -0.348 e. The van der Waals surface area contributed by atoms with Crippen molar-refractivity contribution < 1.29 is 9.18 Å². The number of halogens is 1. The van der Waals surface area contributed by atoms with Crippen LogP contribution in [0.25, 0.3) is 22.0 Å². The second kappa shape index (κ2) is 8.38. The standard InChI is InChI=1S/C26H23FN4O/c1-18-17-30(26(32)20-7-3-2-4-8-20)15-16-31(18)25-23-10-6-5-9-22(23)24(28-29-25)19-11-13-21(27)14-12-19/h2-14,18H,15-17H2,1H3. The van der Waals surface area contributed by atoms with Gasteiger partial charge in [0.15, 0.2) is 5.82 Å². The Labute approximate surface area is 186 Å². The minimum absolute atomic E-state index is 0.0553. The topological polar surface area (TPSA) is 49.3 Å². The molecule has 1 amide bonds. The molecule has 0 N–H and O–H groups in total. The van der Waals surface area contributed by atoms with Gasteiger partial charge in [0.2, 0.25) is 0 Å². The molecule has 1 atom stereocenters. The van der Waals surface area contributed by atoms with Crippen molar-refractivity contribution in [2.45, 2.75) is 13.0 Å². The third-order valence-electron chi connectivity index (χ3n) is 5.99. The van der Waals surface area contributed by atoms with Gasteiger partial charge in [-0.1, -0.05) is 42.5 Å². The Morgan fingerprint density at radius 3 is 2.28 bits per heavy atom. The minimum atomic E-state index is -0.278. The summed E-state index contributed by atoms with van der Waals surface area (Å²) in [4.78, 5) is 17.0. The lowest BCUT2D eigenvalue weighted by Crippen LogP contribution is -2.54. The molecule has 0 spiro atoms. The van der Waals surface area contributed by atoms with Crippen molar-refractivity contribution in [1.82, 2.24) is 15.1 Å². The van der Waals surface area contributed by atoms with Gasteiger partial charge in [0.25, 0.3) is 5.91 Å². The van der Waals surface area contributed by atoms with E-state index < -0.39 is 0 Å². The molecule has 1 aliphatic heterocycles. The highest BCUT2D eigenvalue weighted by Gasteiger charge is 2.29. The van der Waals surface area contributed by atoms with Gasteiger partial charge in [-0.15, -0.1) is 10.2 Å². The first-order chi connectivity index (χ1) is 15.6. The SMILES string of the molecule is CC1CN(C(=O)c2ccccc2)CCN1c1nnc(-c2ccc(F)cc2)c2ccccc12. The van der Waals surface area contributed by atoms with Gasteiger partial charge >= 0.3 is 0 Å². The molecule has 32 heavy (non-hydrogen) atoms. The first kappa shape index (κ1) is 20.1. The monoisotopic (exact) mass is 426 g/mol. The van der Waals surface area contributed by atoms with Crippen molar-refractivity contribution in [2.24, 2.45) is 0 Å². The summed E-state index contributed by atoms with van der Waals surface area (Å²) in [5.41, 5.74) is 2.27. The first-order valence-corrected chi connectivity index (χ1v) is 10.7. The maximum Gasteiger partial charge on any atom is 0.253 e. The summed E-state index contributed by atoms with van der Waals surface area (Å²) in [5, 5.41) is 11.1. The fraction of sp³-hybridized carbons (Fsp3) is 0.192. The van der Waals surface area contributed by atoms with Gasteiger partial charge in [-0.3, -0.25) is 4.79 Å². The second-order valence-corrected chi connectivity index (χ2v) is 8.08. The molecule has 2 heterocycles. The number of hydrogen-bond acceptors (Lipinski definition) is 4.